The maximum Gasteiger partial charge on any atom is 0.318 e. The van der Waals surface area contributed by atoms with Gasteiger partial charge in [0, 0.05) is 12.1 Å². The average Bonchev–Trinajstić information content (AvgIpc) is 3.22. The van der Waals surface area contributed by atoms with Crippen LogP contribution in [0.4, 0.5) is 4.79 Å². The molecule has 2 N–H and O–H groups in total. The fourth-order valence-corrected chi connectivity index (χ4v) is 2.78. The zero-order valence-electron chi connectivity index (χ0n) is 13.2. The van der Waals surface area contributed by atoms with Crippen LogP contribution < -0.4 is 5.32 Å². The molecule has 0 saturated carbocycles. The summed E-state index contributed by atoms with van der Waals surface area (Å²) in [6.45, 7) is 3.03. The third-order valence-corrected chi connectivity index (χ3v) is 4.12. The summed E-state index contributed by atoms with van der Waals surface area (Å²) in [4.78, 5) is 18.2. The van der Waals surface area contributed by atoms with Crippen molar-refractivity contribution < 1.29 is 14.3 Å². The van der Waals surface area contributed by atoms with Crippen molar-refractivity contribution in [3.63, 3.8) is 0 Å². The molecule has 1 atom stereocenters. The van der Waals surface area contributed by atoms with Crippen LogP contribution in [0.1, 0.15) is 24.1 Å². The first-order valence-electron chi connectivity index (χ1n) is 7.84. The number of aryl methyl sites for hydroxylation is 1. The van der Waals surface area contributed by atoms with Crippen molar-refractivity contribution in [1.29, 1.82) is 0 Å². The Balaban J connectivity index is 1.59. The predicted molar refractivity (Wildman–Crippen MR) is 85.7 cm³/mol. The number of benzene rings is 1. The van der Waals surface area contributed by atoms with Crippen LogP contribution in [0.5, 0.6) is 0 Å². The highest BCUT2D eigenvalue weighted by molar-refractivity contribution is 5.74. The second-order valence-electron chi connectivity index (χ2n) is 5.84. The summed E-state index contributed by atoms with van der Waals surface area (Å²) in [7, 11) is 0. The number of nitrogens with zero attached hydrogens (tertiary/aromatic N) is 2. The van der Waals surface area contributed by atoms with Gasteiger partial charge in [-0.15, -0.1) is 0 Å². The lowest BCUT2D eigenvalue weighted by Crippen LogP contribution is -2.43. The number of amides is 2. The number of likely N-dealkylation sites (tertiary alicyclic amines) is 1. The molecule has 0 bridgehead atoms. The molecule has 2 aromatic rings. The second-order valence-corrected chi connectivity index (χ2v) is 5.84. The number of aromatic nitrogens is 1. The van der Waals surface area contributed by atoms with Crippen LogP contribution in [0.3, 0.4) is 0 Å². The number of rotatable bonds is 4. The molecule has 23 heavy (non-hydrogen) atoms. The summed E-state index contributed by atoms with van der Waals surface area (Å²) < 4.78 is 5.47. The number of aliphatic hydroxyl groups is 1. The molecule has 1 aromatic carbocycles. The van der Waals surface area contributed by atoms with E-state index in [-0.39, 0.29) is 18.7 Å². The van der Waals surface area contributed by atoms with Gasteiger partial charge in [-0.3, -0.25) is 0 Å². The Morgan fingerprint density at radius 1 is 1.43 bits per heavy atom. The highest BCUT2D eigenvalue weighted by atomic mass is 16.3. The standard InChI is InChI=1S/C17H21N3O3/c1-12-4-6-13(7-5-12)16-19-14(11-23-16)9-18-17(22)20-8-2-3-15(20)10-21/h4-7,11,15,21H,2-3,8-10H2,1H3,(H,18,22)/t15-/m0/s1. The zero-order valence-corrected chi connectivity index (χ0v) is 13.2. The largest absolute Gasteiger partial charge is 0.444 e. The Hall–Kier alpha value is -2.34. The van der Waals surface area contributed by atoms with Gasteiger partial charge < -0.3 is 19.7 Å². The molecule has 0 unspecified atom stereocenters. The molecule has 0 aliphatic carbocycles. The minimum absolute atomic E-state index is 0.00888. The lowest BCUT2D eigenvalue weighted by molar-refractivity contribution is 0.157. The predicted octanol–water partition coefficient (Wildman–Crippen LogP) is 2.32. The van der Waals surface area contributed by atoms with Crippen LogP contribution in [0.25, 0.3) is 11.5 Å². The van der Waals surface area contributed by atoms with Crippen molar-refractivity contribution in [1.82, 2.24) is 15.2 Å². The third-order valence-electron chi connectivity index (χ3n) is 4.12. The lowest BCUT2D eigenvalue weighted by Gasteiger charge is -2.22. The molecule has 6 heteroatoms. The van der Waals surface area contributed by atoms with Crippen molar-refractivity contribution in [3.05, 3.63) is 41.8 Å². The van der Waals surface area contributed by atoms with Crippen molar-refractivity contribution in [2.24, 2.45) is 0 Å². The number of urea groups is 1. The van der Waals surface area contributed by atoms with E-state index in [2.05, 4.69) is 10.3 Å². The minimum atomic E-state index is -0.165. The molecule has 1 aliphatic heterocycles. The number of hydrogen-bond donors (Lipinski definition) is 2. The molecule has 1 saturated heterocycles. The number of aliphatic hydroxyl groups excluding tert-OH is 1. The lowest BCUT2D eigenvalue weighted by atomic mass is 10.1. The quantitative estimate of drug-likeness (QED) is 0.907. The molecule has 122 valence electrons. The molecule has 1 aliphatic rings. The van der Waals surface area contributed by atoms with Crippen LogP contribution in [-0.2, 0) is 6.54 Å². The van der Waals surface area contributed by atoms with E-state index in [1.807, 2.05) is 31.2 Å². The zero-order chi connectivity index (χ0) is 16.2. The van der Waals surface area contributed by atoms with E-state index in [1.54, 1.807) is 11.2 Å². The van der Waals surface area contributed by atoms with Crippen LogP contribution in [0, 0.1) is 6.92 Å². The molecule has 3 rings (SSSR count). The van der Waals surface area contributed by atoms with Crippen LogP contribution in [-0.4, -0.2) is 40.2 Å². The first-order chi connectivity index (χ1) is 11.2. The van der Waals surface area contributed by atoms with Gasteiger partial charge in [0.05, 0.1) is 24.9 Å². The first kappa shape index (κ1) is 15.6. The van der Waals surface area contributed by atoms with Crippen molar-refractivity contribution >= 4 is 6.03 Å². The van der Waals surface area contributed by atoms with Gasteiger partial charge in [0.15, 0.2) is 0 Å². The summed E-state index contributed by atoms with van der Waals surface area (Å²) in [5, 5.41) is 12.1. The van der Waals surface area contributed by atoms with E-state index in [0.717, 1.165) is 18.4 Å². The third kappa shape index (κ3) is 3.53. The van der Waals surface area contributed by atoms with Gasteiger partial charge >= 0.3 is 6.03 Å². The number of carbonyl (C=O) groups excluding carboxylic acids is 1. The maximum absolute atomic E-state index is 12.1. The summed E-state index contributed by atoms with van der Waals surface area (Å²) >= 11 is 0. The van der Waals surface area contributed by atoms with Gasteiger partial charge in [-0.1, -0.05) is 17.7 Å². The molecule has 2 heterocycles. The molecular formula is C17H21N3O3. The topological polar surface area (TPSA) is 78.6 Å². The van der Waals surface area contributed by atoms with Crippen molar-refractivity contribution in [3.8, 4) is 11.5 Å². The number of nitrogens with one attached hydrogen (secondary N) is 1. The molecule has 1 fully saturated rings. The monoisotopic (exact) mass is 315 g/mol. The SMILES string of the molecule is Cc1ccc(-c2nc(CNC(=O)N3CCC[C@H]3CO)co2)cc1. The Morgan fingerprint density at radius 2 is 2.22 bits per heavy atom. The summed E-state index contributed by atoms with van der Waals surface area (Å²) in [5.74, 6) is 0.545. The minimum Gasteiger partial charge on any atom is -0.444 e. The molecule has 1 aromatic heterocycles. The van der Waals surface area contributed by atoms with E-state index in [9.17, 15) is 9.90 Å². The number of carbonyl (C=O) groups is 1. The van der Waals surface area contributed by atoms with Gasteiger partial charge in [0.25, 0.3) is 0 Å². The maximum atomic E-state index is 12.1. The van der Waals surface area contributed by atoms with Crippen LogP contribution >= 0.6 is 0 Å². The van der Waals surface area contributed by atoms with Crippen LogP contribution in [0.15, 0.2) is 34.9 Å². The van der Waals surface area contributed by atoms with Gasteiger partial charge in [0.2, 0.25) is 5.89 Å². The fraction of sp³-hybridized carbons (Fsp3) is 0.412. The Bertz CT molecular complexity index is 666. The van der Waals surface area contributed by atoms with Gasteiger partial charge in [-0.25, -0.2) is 9.78 Å². The normalized spacial score (nSPS) is 17.5. The van der Waals surface area contributed by atoms with E-state index in [4.69, 9.17) is 4.42 Å². The smallest absolute Gasteiger partial charge is 0.318 e. The molecule has 6 nitrogen and oxygen atoms in total. The summed E-state index contributed by atoms with van der Waals surface area (Å²) in [6, 6.07) is 7.68. The molecular weight excluding hydrogens is 294 g/mol. The van der Waals surface area contributed by atoms with Gasteiger partial charge in [-0.2, -0.15) is 0 Å². The molecule has 0 radical (unpaired) electrons. The molecule has 0 spiro atoms. The first-order valence-corrected chi connectivity index (χ1v) is 7.84. The summed E-state index contributed by atoms with van der Waals surface area (Å²) in [5.41, 5.74) is 2.76. The van der Waals surface area contributed by atoms with E-state index in [0.29, 0.717) is 24.7 Å². The fourth-order valence-electron chi connectivity index (χ4n) is 2.78. The van der Waals surface area contributed by atoms with Crippen LogP contribution in [0.2, 0.25) is 0 Å². The summed E-state index contributed by atoms with van der Waals surface area (Å²) in [6.07, 6.45) is 3.34. The number of oxazole rings is 1. The highest BCUT2D eigenvalue weighted by Gasteiger charge is 2.27. The van der Waals surface area contributed by atoms with E-state index < -0.39 is 0 Å². The van der Waals surface area contributed by atoms with Crippen molar-refractivity contribution in [2.75, 3.05) is 13.2 Å². The average molecular weight is 315 g/mol. The number of hydrogen-bond acceptors (Lipinski definition) is 4. The van der Waals surface area contributed by atoms with E-state index in [1.165, 1.54) is 5.56 Å². The van der Waals surface area contributed by atoms with E-state index >= 15 is 0 Å². The Labute approximate surface area is 135 Å². The van der Waals surface area contributed by atoms with Gasteiger partial charge in [0.1, 0.15) is 6.26 Å². The van der Waals surface area contributed by atoms with Gasteiger partial charge in [-0.05, 0) is 31.9 Å². The molecule has 2 amide bonds. The Morgan fingerprint density at radius 3 is 2.96 bits per heavy atom. The Kier molecular flexibility index (Phi) is 4.62. The second kappa shape index (κ2) is 6.83. The highest BCUT2D eigenvalue weighted by Crippen LogP contribution is 2.19. The van der Waals surface area contributed by atoms with Crippen molar-refractivity contribution in [2.45, 2.75) is 32.4 Å².